The number of thiazole rings is 1. The monoisotopic (exact) mass is 600 g/mol. The second-order valence-electron chi connectivity index (χ2n) is 8.14. The lowest BCUT2D eigenvalue weighted by atomic mass is 9.96. The highest BCUT2D eigenvalue weighted by Crippen LogP contribution is 2.42. The number of hydrogen-bond donors (Lipinski definition) is 0. The molecule has 202 valence electrons. The lowest BCUT2D eigenvalue weighted by molar-refractivity contribution is -0.212. The van der Waals surface area contributed by atoms with Gasteiger partial charge >= 0.3 is 17.9 Å². The summed E-state index contributed by atoms with van der Waals surface area (Å²) in [6, 6.07) is 4.10. The third-order valence-corrected chi connectivity index (χ3v) is 7.79. The van der Waals surface area contributed by atoms with Gasteiger partial charge in [-0.15, -0.1) is 16.4 Å². The third kappa shape index (κ3) is 6.83. The third-order valence-electron chi connectivity index (χ3n) is 5.33. The molecule has 0 spiro atoms. The Morgan fingerprint density at radius 3 is 2.42 bits per heavy atom. The van der Waals surface area contributed by atoms with Crippen molar-refractivity contribution < 1.29 is 33.3 Å². The van der Waals surface area contributed by atoms with Crippen LogP contribution in [0.3, 0.4) is 0 Å². The minimum Gasteiger partial charge on any atom is -0.463 e. The first kappa shape index (κ1) is 28.3. The van der Waals surface area contributed by atoms with Crippen LogP contribution in [0.2, 0.25) is 10.0 Å². The van der Waals surface area contributed by atoms with Crippen LogP contribution in [-0.4, -0.2) is 68.2 Å². The van der Waals surface area contributed by atoms with Gasteiger partial charge in [0.15, 0.2) is 12.2 Å². The van der Waals surface area contributed by atoms with E-state index in [2.05, 4.69) is 15.3 Å². The summed E-state index contributed by atoms with van der Waals surface area (Å²) in [6.45, 7) is 3.51. The van der Waals surface area contributed by atoms with Crippen LogP contribution in [0.15, 0.2) is 40.2 Å². The topological polar surface area (TPSA) is 132 Å². The first-order valence-corrected chi connectivity index (χ1v) is 13.8. The number of nitrogens with zero attached hydrogens (tertiary/aromatic N) is 4. The van der Waals surface area contributed by atoms with Crippen molar-refractivity contribution in [2.75, 3.05) is 6.61 Å². The molecule has 15 heteroatoms. The van der Waals surface area contributed by atoms with E-state index in [1.807, 2.05) is 0 Å². The van der Waals surface area contributed by atoms with Crippen molar-refractivity contribution in [3.05, 3.63) is 45.3 Å². The average Bonchev–Trinajstić information content (AvgIpc) is 3.54. The summed E-state index contributed by atoms with van der Waals surface area (Å²) >= 11 is 14.9. The Morgan fingerprint density at radius 2 is 1.79 bits per heavy atom. The lowest BCUT2D eigenvalue weighted by Gasteiger charge is -2.44. The van der Waals surface area contributed by atoms with E-state index in [0.717, 1.165) is 0 Å². The smallest absolute Gasteiger partial charge is 0.303 e. The van der Waals surface area contributed by atoms with Crippen molar-refractivity contribution >= 4 is 64.2 Å². The summed E-state index contributed by atoms with van der Waals surface area (Å²) in [7, 11) is 0. The minimum atomic E-state index is -1.06. The molecular formula is C23H22Cl2N4O7S2. The zero-order valence-corrected chi connectivity index (χ0v) is 23.4. The molecular weight excluding hydrogens is 579 g/mol. The fourth-order valence-corrected chi connectivity index (χ4v) is 5.90. The molecule has 3 heterocycles. The molecule has 0 aliphatic carbocycles. The molecule has 2 unspecified atom stereocenters. The van der Waals surface area contributed by atoms with Crippen LogP contribution in [-0.2, 0) is 33.3 Å². The number of esters is 3. The number of benzene rings is 1. The maximum Gasteiger partial charge on any atom is 0.303 e. The van der Waals surface area contributed by atoms with Gasteiger partial charge in [0.25, 0.3) is 0 Å². The Balaban J connectivity index is 1.78. The largest absolute Gasteiger partial charge is 0.463 e. The first-order chi connectivity index (χ1) is 18.1. The summed E-state index contributed by atoms with van der Waals surface area (Å²) in [6.07, 6.45) is -1.41. The fourth-order valence-electron chi connectivity index (χ4n) is 3.84. The van der Waals surface area contributed by atoms with Gasteiger partial charge in [0.05, 0.1) is 21.8 Å². The minimum absolute atomic E-state index is 0.233. The second-order valence-corrected chi connectivity index (χ2v) is 10.8. The Labute approximate surface area is 235 Å². The average molecular weight is 601 g/mol. The van der Waals surface area contributed by atoms with Crippen molar-refractivity contribution in [3.63, 3.8) is 0 Å². The molecule has 0 amide bonds. The first-order valence-electron chi connectivity index (χ1n) is 11.2. The molecule has 1 aliphatic rings. The Kier molecular flexibility index (Phi) is 9.26. The maximum atomic E-state index is 12.2. The van der Waals surface area contributed by atoms with E-state index in [4.69, 9.17) is 42.1 Å². The normalized spacial score (nSPS) is 23.0. The molecule has 1 fully saturated rings. The van der Waals surface area contributed by atoms with E-state index < -0.39 is 47.7 Å². The summed E-state index contributed by atoms with van der Waals surface area (Å²) in [4.78, 5) is 41.0. The summed E-state index contributed by atoms with van der Waals surface area (Å²) in [5.74, 6) is -1.76. The highest BCUT2D eigenvalue weighted by atomic mass is 35.5. The van der Waals surface area contributed by atoms with Gasteiger partial charge in [-0.25, -0.2) is 9.67 Å². The zero-order valence-electron chi connectivity index (χ0n) is 20.3. The van der Waals surface area contributed by atoms with E-state index in [-0.39, 0.29) is 6.61 Å². The summed E-state index contributed by atoms with van der Waals surface area (Å²) < 4.78 is 24.3. The van der Waals surface area contributed by atoms with Crippen molar-refractivity contribution in [2.45, 2.75) is 55.5 Å². The van der Waals surface area contributed by atoms with E-state index in [0.29, 0.717) is 26.3 Å². The van der Waals surface area contributed by atoms with Crippen molar-refractivity contribution in [2.24, 2.45) is 0 Å². The predicted octanol–water partition coefficient (Wildman–Crippen LogP) is 4.19. The van der Waals surface area contributed by atoms with Crippen molar-refractivity contribution in [3.8, 4) is 11.4 Å². The molecule has 5 atom stereocenters. The van der Waals surface area contributed by atoms with Gasteiger partial charge in [0.2, 0.25) is 0 Å². The lowest BCUT2D eigenvalue weighted by Crippen LogP contribution is -2.57. The molecule has 0 bridgehead atoms. The van der Waals surface area contributed by atoms with Crippen LogP contribution >= 0.6 is 46.3 Å². The van der Waals surface area contributed by atoms with Gasteiger partial charge in [-0.05, 0) is 18.2 Å². The highest BCUT2D eigenvalue weighted by molar-refractivity contribution is 7.99. The fraction of sp³-hybridized carbons (Fsp3) is 0.391. The van der Waals surface area contributed by atoms with Crippen LogP contribution in [0.25, 0.3) is 11.4 Å². The van der Waals surface area contributed by atoms with Crippen LogP contribution in [0.1, 0.15) is 26.8 Å². The number of carbonyl (C=O) groups excluding carboxylic acids is 3. The molecule has 1 aromatic carbocycles. The Bertz CT molecular complexity index is 1310. The van der Waals surface area contributed by atoms with Gasteiger partial charge in [0, 0.05) is 31.0 Å². The molecule has 4 rings (SSSR count). The molecule has 0 saturated carbocycles. The number of hydrogen-bond acceptors (Lipinski definition) is 12. The standard InChI is InChI=1S/C23H22Cl2N4O7S2/c1-11(30)33-8-19-21(34-12(2)31)20(29-7-17(27-28-29)18-9-37-10-26-18)22(35-13(3)32)23(36-19)38-14-4-5-15(24)16(25)6-14/h4-7,9-10,19-23H,8H2,1-3H3/t19?,20-,21-,22?,23+/m0/s1. The van der Waals surface area contributed by atoms with Crippen LogP contribution < -0.4 is 0 Å². The van der Waals surface area contributed by atoms with Gasteiger partial charge in [0.1, 0.15) is 35.6 Å². The van der Waals surface area contributed by atoms with Gasteiger partial charge in [-0.3, -0.25) is 14.4 Å². The van der Waals surface area contributed by atoms with Gasteiger partial charge < -0.3 is 18.9 Å². The molecule has 2 aromatic heterocycles. The number of rotatable bonds is 8. The van der Waals surface area contributed by atoms with Crippen molar-refractivity contribution in [1.82, 2.24) is 20.0 Å². The quantitative estimate of drug-likeness (QED) is 0.272. The summed E-state index contributed by atoms with van der Waals surface area (Å²) in [5, 5.41) is 10.9. The van der Waals surface area contributed by atoms with E-state index in [9.17, 15) is 14.4 Å². The van der Waals surface area contributed by atoms with Gasteiger partial charge in [-0.2, -0.15) is 0 Å². The Morgan fingerprint density at radius 1 is 1.05 bits per heavy atom. The second kappa shape index (κ2) is 12.4. The van der Waals surface area contributed by atoms with E-state index >= 15 is 0 Å². The number of aromatic nitrogens is 4. The molecule has 0 radical (unpaired) electrons. The molecule has 0 N–H and O–H groups in total. The zero-order chi connectivity index (χ0) is 27.4. The number of halogens is 2. The molecule has 38 heavy (non-hydrogen) atoms. The van der Waals surface area contributed by atoms with E-state index in [1.165, 1.54) is 48.6 Å². The SMILES string of the molecule is CC(=O)OCC1O[C@H](Sc2ccc(Cl)c(Cl)c2)C(OC(C)=O)[C@@H](n2cc(-c3cscn3)nn2)[C@H]1OC(C)=O. The number of thioether (sulfide) groups is 1. The molecule has 1 aliphatic heterocycles. The molecule has 3 aromatic rings. The maximum absolute atomic E-state index is 12.2. The highest BCUT2D eigenvalue weighted by Gasteiger charge is 2.52. The Hall–Kier alpha value is -2.71. The molecule has 1 saturated heterocycles. The summed E-state index contributed by atoms with van der Waals surface area (Å²) in [5.41, 5.74) is 1.86. The molecule has 11 nitrogen and oxygen atoms in total. The predicted molar refractivity (Wildman–Crippen MR) is 139 cm³/mol. The van der Waals surface area contributed by atoms with Crippen molar-refractivity contribution in [1.29, 1.82) is 0 Å². The van der Waals surface area contributed by atoms with Crippen LogP contribution in [0, 0.1) is 0 Å². The van der Waals surface area contributed by atoms with Gasteiger partial charge in [-0.1, -0.05) is 40.2 Å². The van der Waals surface area contributed by atoms with Crippen LogP contribution in [0.5, 0.6) is 0 Å². The van der Waals surface area contributed by atoms with E-state index in [1.54, 1.807) is 35.3 Å². The number of ether oxygens (including phenoxy) is 4. The van der Waals surface area contributed by atoms with Crippen LogP contribution in [0.4, 0.5) is 0 Å². The number of carbonyl (C=O) groups is 3.